The number of hydrogen-bond donors (Lipinski definition) is 2. The predicted molar refractivity (Wildman–Crippen MR) is 92.4 cm³/mol. The minimum atomic E-state index is -0.503. The number of ether oxygens (including phenoxy) is 3. The number of nitrogens with two attached hydrogens (primary N) is 1. The van der Waals surface area contributed by atoms with Crippen LogP contribution in [0.3, 0.4) is 0 Å². The quantitative estimate of drug-likeness (QED) is 0.724. The van der Waals surface area contributed by atoms with Crippen molar-refractivity contribution in [2.24, 2.45) is 11.7 Å². The van der Waals surface area contributed by atoms with E-state index in [-0.39, 0.29) is 24.3 Å². The van der Waals surface area contributed by atoms with E-state index in [9.17, 15) is 9.59 Å². The van der Waals surface area contributed by atoms with Gasteiger partial charge in [0, 0.05) is 12.0 Å². The van der Waals surface area contributed by atoms with Crippen LogP contribution in [0.2, 0.25) is 0 Å². The highest BCUT2D eigenvalue weighted by molar-refractivity contribution is 5.80. The maximum absolute atomic E-state index is 12.5. The van der Waals surface area contributed by atoms with Crippen LogP contribution in [0, 0.1) is 5.92 Å². The van der Waals surface area contributed by atoms with E-state index in [0.29, 0.717) is 17.9 Å². The molecule has 7 heteroatoms. The Balaban J connectivity index is 2.20. The third-order valence-electron chi connectivity index (χ3n) is 4.57. The van der Waals surface area contributed by atoms with E-state index < -0.39 is 12.0 Å². The maximum atomic E-state index is 12.5. The first-order valence-electron chi connectivity index (χ1n) is 8.33. The summed E-state index contributed by atoms with van der Waals surface area (Å²) < 4.78 is 15.3. The summed E-state index contributed by atoms with van der Waals surface area (Å²) in [5, 5.41) is 2.96. The van der Waals surface area contributed by atoms with E-state index >= 15 is 0 Å². The lowest BCUT2D eigenvalue weighted by molar-refractivity contribution is -0.141. The molecule has 1 aliphatic rings. The summed E-state index contributed by atoms with van der Waals surface area (Å²) in [4.78, 5) is 24.3. The summed E-state index contributed by atoms with van der Waals surface area (Å²) in [5.74, 6) is 0.512. The van der Waals surface area contributed by atoms with Gasteiger partial charge in [0.2, 0.25) is 5.91 Å². The lowest BCUT2D eigenvalue weighted by atomic mass is 10.0. The minimum absolute atomic E-state index is 0.0382. The Bertz CT molecular complexity index is 619. The Kier molecular flexibility index (Phi) is 6.64. The zero-order valence-electron chi connectivity index (χ0n) is 14.9. The van der Waals surface area contributed by atoms with Crippen LogP contribution in [-0.2, 0) is 14.3 Å². The van der Waals surface area contributed by atoms with Crippen molar-refractivity contribution < 1.29 is 23.8 Å². The van der Waals surface area contributed by atoms with Gasteiger partial charge in [-0.05, 0) is 37.0 Å². The van der Waals surface area contributed by atoms with Crippen molar-refractivity contribution in [3.63, 3.8) is 0 Å². The zero-order valence-corrected chi connectivity index (χ0v) is 14.9. The van der Waals surface area contributed by atoms with Gasteiger partial charge in [0.15, 0.2) is 11.5 Å². The van der Waals surface area contributed by atoms with Crippen LogP contribution in [0.5, 0.6) is 11.5 Å². The number of methoxy groups -OCH3 is 3. The second-order valence-electron chi connectivity index (χ2n) is 6.23. The zero-order chi connectivity index (χ0) is 18.4. The molecule has 1 aromatic carbocycles. The van der Waals surface area contributed by atoms with Crippen LogP contribution < -0.4 is 20.5 Å². The Morgan fingerprint density at radius 1 is 1.20 bits per heavy atom. The van der Waals surface area contributed by atoms with Gasteiger partial charge in [0.05, 0.1) is 33.8 Å². The number of esters is 1. The molecule has 138 valence electrons. The first kappa shape index (κ1) is 19.1. The lowest BCUT2D eigenvalue weighted by Gasteiger charge is -2.21. The van der Waals surface area contributed by atoms with Crippen LogP contribution in [0.1, 0.15) is 37.3 Å². The summed E-state index contributed by atoms with van der Waals surface area (Å²) in [6.07, 6.45) is 2.32. The highest BCUT2D eigenvalue weighted by atomic mass is 16.5. The third kappa shape index (κ3) is 4.85. The van der Waals surface area contributed by atoms with Crippen LogP contribution in [0.4, 0.5) is 0 Å². The van der Waals surface area contributed by atoms with Crippen molar-refractivity contribution in [2.45, 2.75) is 37.8 Å². The topological polar surface area (TPSA) is 99.9 Å². The molecule has 7 nitrogen and oxygen atoms in total. The largest absolute Gasteiger partial charge is 0.493 e. The number of amides is 1. The SMILES string of the molecule is COC(=O)CC(NC(=O)C1CCC(N)C1)c1ccc(OC)c(OC)c1. The van der Waals surface area contributed by atoms with E-state index in [0.717, 1.165) is 18.4 Å². The average Bonchev–Trinajstić information content (AvgIpc) is 3.06. The molecule has 1 saturated carbocycles. The molecule has 0 heterocycles. The molecule has 0 bridgehead atoms. The minimum Gasteiger partial charge on any atom is -0.493 e. The molecular formula is C18H26N2O5. The smallest absolute Gasteiger partial charge is 0.307 e. The summed E-state index contributed by atoms with van der Waals surface area (Å²) in [6, 6.07) is 4.87. The fourth-order valence-electron chi connectivity index (χ4n) is 3.12. The van der Waals surface area contributed by atoms with Gasteiger partial charge < -0.3 is 25.3 Å². The van der Waals surface area contributed by atoms with Crippen molar-refractivity contribution >= 4 is 11.9 Å². The van der Waals surface area contributed by atoms with Gasteiger partial charge in [0.1, 0.15) is 0 Å². The summed E-state index contributed by atoms with van der Waals surface area (Å²) in [6.45, 7) is 0. The van der Waals surface area contributed by atoms with Crippen molar-refractivity contribution in [1.29, 1.82) is 0 Å². The van der Waals surface area contributed by atoms with Crippen LogP contribution in [-0.4, -0.2) is 39.2 Å². The first-order chi connectivity index (χ1) is 12.0. The van der Waals surface area contributed by atoms with E-state index in [1.807, 2.05) is 0 Å². The van der Waals surface area contributed by atoms with Crippen molar-refractivity contribution in [1.82, 2.24) is 5.32 Å². The standard InChI is InChI=1S/C18H26N2O5/c1-23-15-7-5-11(9-16(15)24-2)14(10-17(21)25-3)20-18(22)12-4-6-13(19)8-12/h5,7,9,12-14H,4,6,8,10,19H2,1-3H3,(H,20,22). The molecule has 3 N–H and O–H groups in total. The molecule has 1 aromatic rings. The van der Waals surface area contributed by atoms with Crippen molar-refractivity contribution in [2.75, 3.05) is 21.3 Å². The number of benzene rings is 1. The predicted octanol–water partition coefficient (Wildman–Crippen LogP) is 1.55. The Labute approximate surface area is 147 Å². The van der Waals surface area contributed by atoms with Crippen molar-refractivity contribution in [3.8, 4) is 11.5 Å². The van der Waals surface area contributed by atoms with E-state index in [2.05, 4.69) is 5.32 Å². The summed E-state index contributed by atoms with van der Waals surface area (Å²) in [5.41, 5.74) is 6.64. The summed E-state index contributed by atoms with van der Waals surface area (Å²) in [7, 11) is 4.41. The van der Waals surface area contributed by atoms with Gasteiger partial charge in [-0.3, -0.25) is 9.59 Å². The normalized spacial score (nSPS) is 20.6. The molecule has 0 saturated heterocycles. The lowest BCUT2D eigenvalue weighted by Crippen LogP contribution is -2.35. The van der Waals surface area contributed by atoms with Gasteiger partial charge >= 0.3 is 5.97 Å². The number of carbonyl (C=O) groups excluding carboxylic acids is 2. The molecule has 0 aromatic heterocycles. The van der Waals surface area contributed by atoms with Gasteiger partial charge in [-0.1, -0.05) is 6.07 Å². The Hall–Kier alpha value is -2.28. The third-order valence-corrected chi connectivity index (χ3v) is 4.57. The molecule has 2 rings (SSSR count). The Morgan fingerprint density at radius 3 is 2.48 bits per heavy atom. The number of nitrogens with one attached hydrogen (secondary N) is 1. The number of carbonyl (C=O) groups is 2. The molecule has 1 fully saturated rings. The second-order valence-corrected chi connectivity index (χ2v) is 6.23. The monoisotopic (exact) mass is 350 g/mol. The molecule has 3 atom stereocenters. The molecule has 1 aliphatic carbocycles. The van der Waals surface area contributed by atoms with Gasteiger partial charge in [-0.2, -0.15) is 0 Å². The van der Waals surface area contributed by atoms with Gasteiger partial charge in [-0.25, -0.2) is 0 Å². The average molecular weight is 350 g/mol. The van der Waals surface area contributed by atoms with Crippen molar-refractivity contribution in [3.05, 3.63) is 23.8 Å². The first-order valence-corrected chi connectivity index (χ1v) is 8.33. The van der Waals surface area contributed by atoms with E-state index in [4.69, 9.17) is 19.9 Å². The molecule has 0 radical (unpaired) electrons. The fourth-order valence-corrected chi connectivity index (χ4v) is 3.12. The van der Waals surface area contributed by atoms with Crippen LogP contribution in [0.15, 0.2) is 18.2 Å². The molecule has 0 aliphatic heterocycles. The highest BCUT2D eigenvalue weighted by Gasteiger charge is 2.30. The van der Waals surface area contributed by atoms with E-state index in [1.165, 1.54) is 14.2 Å². The maximum Gasteiger partial charge on any atom is 0.307 e. The Morgan fingerprint density at radius 2 is 1.92 bits per heavy atom. The molecule has 25 heavy (non-hydrogen) atoms. The van der Waals surface area contributed by atoms with Gasteiger partial charge in [-0.15, -0.1) is 0 Å². The van der Waals surface area contributed by atoms with Crippen LogP contribution in [0.25, 0.3) is 0 Å². The highest BCUT2D eigenvalue weighted by Crippen LogP contribution is 2.32. The molecular weight excluding hydrogens is 324 g/mol. The molecule has 0 spiro atoms. The fraction of sp³-hybridized carbons (Fsp3) is 0.556. The summed E-state index contributed by atoms with van der Waals surface area (Å²) >= 11 is 0. The van der Waals surface area contributed by atoms with Gasteiger partial charge in [0.25, 0.3) is 0 Å². The molecule has 1 amide bonds. The molecule has 3 unspecified atom stereocenters. The van der Waals surface area contributed by atoms with Crippen LogP contribution >= 0.6 is 0 Å². The second kappa shape index (κ2) is 8.71. The number of rotatable bonds is 7. The number of hydrogen-bond acceptors (Lipinski definition) is 6. The van der Waals surface area contributed by atoms with E-state index in [1.54, 1.807) is 25.3 Å².